The number of anilines is 1. The fraction of sp³-hybridized carbons (Fsp3) is 0.556. The molecule has 2 aliphatic heterocycles. The largest absolute Gasteiger partial charge is 0.443 e. The van der Waals surface area contributed by atoms with Gasteiger partial charge in [-0.25, -0.2) is 9.59 Å². The third kappa shape index (κ3) is 3.56. The Morgan fingerprint density at radius 3 is 2.32 bits per heavy atom. The number of hydrogen-bond donors (Lipinski definition) is 0. The molecule has 2 atom stereocenters. The quantitative estimate of drug-likeness (QED) is 0.788. The molecule has 1 aromatic rings. The molecule has 7 heteroatoms. The molecule has 0 spiro atoms. The van der Waals surface area contributed by atoms with Crippen LogP contribution in [0.2, 0.25) is 0 Å². The first-order valence-electron chi connectivity index (χ1n) is 8.79. The Morgan fingerprint density at radius 2 is 1.64 bits per heavy atom. The zero-order chi connectivity index (χ0) is 17.4. The fourth-order valence-electron chi connectivity index (χ4n) is 3.53. The Morgan fingerprint density at radius 1 is 1.00 bits per heavy atom. The van der Waals surface area contributed by atoms with E-state index in [9.17, 15) is 9.59 Å². The molecule has 0 N–H and O–H groups in total. The van der Waals surface area contributed by atoms with Crippen LogP contribution in [0.1, 0.15) is 12.8 Å². The minimum Gasteiger partial charge on any atom is -0.443 e. The number of nitrogens with zero attached hydrogens (tertiary/aromatic N) is 3. The number of hydrogen-bond acceptors (Lipinski definition) is 5. The predicted molar refractivity (Wildman–Crippen MR) is 91.6 cm³/mol. The van der Waals surface area contributed by atoms with Gasteiger partial charge in [0.05, 0.1) is 13.1 Å². The first kappa shape index (κ1) is 16.2. The van der Waals surface area contributed by atoms with Crippen molar-refractivity contribution in [2.75, 3.05) is 38.1 Å². The van der Waals surface area contributed by atoms with Crippen LogP contribution in [0.25, 0.3) is 0 Å². The molecule has 2 unspecified atom stereocenters. The van der Waals surface area contributed by atoms with Gasteiger partial charge in [-0.05, 0) is 32.0 Å². The number of amides is 2. The molecule has 1 aliphatic carbocycles. The fourth-order valence-corrected chi connectivity index (χ4v) is 3.53. The molecule has 1 saturated carbocycles. The van der Waals surface area contributed by atoms with Crippen molar-refractivity contribution in [2.24, 2.45) is 0 Å². The van der Waals surface area contributed by atoms with E-state index in [2.05, 4.69) is 4.90 Å². The number of carbonyl (C=O) groups is 2. The van der Waals surface area contributed by atoms with Crippen molar-refractivity contribution in [3.8, 4) is 0 Å². The maximum absolute atomic E-state index is 12.1. The monoisotopic (exact) mass is 345 g/mol. The van der Waals surface area contributed by atoms with Crippen molar-refractivity contribution < 1.29 is 19.1 Å². The second-order valence-corrected chi connectivity index (χ2v) is 7.06. The standard InChI is InChI=1S/C18H23N3O4/c1-19(10-16-12-21(14-7-8-14)18(23)25-16)9-15-11-20(17(22)24-15)13-5-3-2-4-6-13/h2-6,14-16H,7-12H2,1H3. The highest BCUT2D eigenvalue weighted by Crippen LogP contribution is 2.30. The first-order chi connectivity index (χ1) is 12.1. The molecule has 1 aromatic carbocycles. The Kier molecular flexibility index (Phi) is 4.25. The molecule has 2 heterocycles. The van der Waals surface area contributed by atoms with E-state index < -0.39 is 0 Å². The average molecular weight is 345 g/mol. The van der Waals surface area contributed by atoms with Gasteiger partial charge in [0.25, 0.3) is 0 Å². The van der Waals surface area contributed by atoms with E-state index >= 15 is 0 Å². The van der Waals surface area contributed by atoms with Gasteiger partial charge in [-0.3, -0.25) is 9.80 Å². The topological polar surface area (TPSA) is 62.3 Å². The molecule has 7 nitrogen and oxygen atoms in total. The highest BCUT2D eigenvalue weighted by atomic mass is 16.6. The van der Waals surface area contributed by atoms with Gasteiger partial charge in [0.15, 0.2) is 0 Å². The van der Waals surface area contributed by atoms with Gasteiger partial charge in [-0.15, -0.1) is 0 Å². The van der Waals surface area contributed by atoms with Crippen molar-refractivity contribution in [3.05, 3.63) is 30.3 Å². The summed E-state index contributed by atoms with van der Waals surface area (Å²) in [6.45, 7) is 2.46. The lowest BCUT2D eigenvalue weighted by Gasteiger charge is -2.22. The minimum absolute atomic E-state index is 0.111. The predicted octanol–water partition coefficient (Wildman–Crippen LogP) is 1.93. The molecular formula is C18H23N3O4. The molecule has 25 heavy (non-hydrogen) atoms. The molecule has 134 valence electrons. The third-order valence-electron chi connectivity index (χ3n) is 4.86. The summed E-state index contributed by atoms with van der Waals surface area (Å²) in [7, 11) is 1.96. The van der Waals surface area contributed by atoms with Crippen LogP contribution >= 0.6 is 0 Å². The van der Waals surface area contributed by atoms with E-state index in [0.717, 1.165) is 18.5 Å². The zero-order valence-electron chi connectivity index (χ0n) is 14.3. The molecule has 2 amide bonds. The number of benzene rings is 1. The van der Waals surface area contributed by atoms with Crippen LogP contribution in [-0.4, -0.2) is 73.5 Å². The van der Waals surface area contributed by atoms with Gasteiger partial charge in [0.2, 0.25) is 0 Å². The van der Waals surface area contributed by atoms with Gasteiger partial charge in [0.1, 0.15) is 12.2 Å². The first-order valence-corrected chi connectivity index (χ1v) is 8.79. The average Bonchev–Trinajstić information content (AvgIpc) is 3.28. The normalized spacial score (nSPS) is 26.3. The maximum atomic E-state index is 12.1. The van der Waals surface area contributed by atoms with E-state index in [-0.39, 0.29) is 24.4 Å². The van der Waals surface area contributed by atoms with Crippen LogP contribution in [0.3, 0.4) is 0 Å². The van der Waals surface area contributed by atoms with Gasteiger partial charge >= 0.3 is 12.2 Å². The molecule has 3 fully saturated rings. The Balaban J connectivity index is 1.28. The van der Waals surface area contributed by atoms with Crippen LogP contribution in [0.4, 0.5) is 15.3 Å². The Bertz CT molecular complexity index is 649. The number of para-hydroxylation sites is 1. The second kappa shape index (κ2) is 6.55. The number of ether oxygens (including phenoxy) is 2. The second-order valence-electron chi connectivity index (χ2n) is 7.06. The summed E-state index contributed by atoms with van der Waals surface area (Å²) in [6.07, 6.45) is 1.38. The molecule has 0 aromatic heterocycles. The SMILES string of the molecule is CN(CC1CN(c2ccccc2)C(=O)O1)CC1CN(C2CC2)C(=O)O1. The van der Waals surface area contributed by atoms with Crippen molar-refractivity contribution in [2.45, 2.75) is 31.1 Å². The van der Waals surface area contributed by atoms with E-state index in [1.54, 1.807) is 4.90 Å². The van der Waals surface area contributed by atoms with Gasteiger partial charge < -0.3 is 14.4 Å². The van der Waals surface area contributed by atoms with Crippen LogP contribution in [0, 0.1) is 0 Å². The number of rotatable bonds is 6. The van der Waals surface area contributed by atoms with E-state index in [4.69, 9.17) is 9.47 Å². The molecule has 3 aliphatic rings. The van der Waals surface area contributed by atoms with Crippen molar-refractivity contribution in [3.63, 3.8) is 0 Å². The van der Waals surface area contributed by atoms with Gasteiger partial charge in [0, 0.05) is 24.8 Å². The highest BCUT2D eigenvalue weighted by molar-refractivity contribution is 5.89. The Hall–Kier alpha value is -2.28. The van der Waals surface area contributed by atoms with Crippen LogP contribution in [0.5, 0.6) is 0 Å². The lowest BCUT2D eigenvalue weighted by Crippen LogP contribution is -2.38. The zero-order valence-corrected chi connectivity index (χ0v) is 14.3. The summed E-state index contributed by atoms with van der Waals surface area (Å²) in [5, 5.41) is 0. The number of carbonyl (C=O) groups excluding carboxylic acids is 2. The summed E-state index contributed by atoms with van der Waals surface area (Å²) in [6, 6.07) is 9.92. The van der Waals surface area contributed by atoms with Gasteiger partial charge in [-0.1, -0.05) is 18.2 Å². The molecule has 2 saturated heterocycles. The van der Waals surface area contributed by atoms with Crippen molar-refractivity contribution in [1.82, 2.24) is 9.80 Å². The Labute approximate surface area is 147 Å². The third-order valence-corrected chi connectivity index (χ3v) is 4.86. The molecular weight excluding hydrogens is 322 g/mol. The van der Waals surface area contributed by atoms with Crippen molar-refractivity contribution in [1.29, 1.82) is 0 Å². The van der Waals surface area contributed by atoms with Crippen LogP contribution in [0.15, 0.2) is 30.3 Å². The molecule has 0 bridgehead atoms. The summed E-state index contributed by atoms with van der Waals surface area (Å²) in [5.41, 5.74) is 0.849. The highest BCUT2D eigenvalue weighted by Gasteiger charge is 2.41. The number of likely N-dealkylation sites (N-methyl/N-ethyl adjacent to an activating group) is 1. The summed E-state index contributed by atoms with van der Waals surface area (Å²) in [4.78, 5) is 29.5. The smallest absolute Gasteiger partial charge is 0.414 e. The summed E-state index contributed by atoms with van der Waals surface area (Å²) >= 11 is 0. The van der Waals surface area contributed by atoms with Crippen molar-refractivity contribution >= 4 is 17.9 Å². The molecule has 0 radical (unpaired) electrons. The summed E-state index contributed by atoms with van der Waals surface area (Å²) < 4.78 is 10.9. The van der Waals surface area contributed by atoms with Crippen LogP contribution < -0.4 is 4.90 Å². The van der Waals surface area contributed by atoms with E-state index in [1.807, 2.05) is 42.3 Å². The lowest BCUT2D eigenvalue weighted by atomic mass is 10.2. The van der Waals surface area contributed by atoms with Crippen LogP contribution in [-0.2, 0) is 9.47 Å². The molecule has 4 rings (SSSR count). The summed E-state index contributed by atoms with van der Waals surface area (Å²) in [5.74, 6) is 0. The van der Waals surface area contributed by atoms with E-state index in [1.165, 1.54) is 0 Å². The van der Waals surface area contributed by atoms with Gasteiger partial charge in [-0.2, -0.15) is 0 Å². The minimum atomic E-state index is -0.309. The number of cyclic esters (lactones) is 2. The van der Waals surface area contributed by atoms with E-state index in [0.29, 0.717) is 32.2 Å². The maximum Gasteiger partial charge on any atom is 0.414 e. The lowest BCUT2D eigenvalue weighted by molar-refractivity contribution is 0.0877.